The van der Waals surface area contributed by atoms with Gasteiger partial charge in [0.15, 0.2) is 0 Å². The lowest BCUT2D eigenvalue weighted by molar-refractivity contribution is -0.137. The summed E-state index contributed by atoms with van der Waals surface area (Å²) in [7, 11) is 0. The molecule has 0 saturated carbocycles. The summed E-state index contributed by atoms with van der Waals surface area (Å²) in [6.45, 7) is 0.913. The van der Waals surface area contributed by atoms with Crippen LogP contribution < -0.4 is 5.32 Å². The fourth-order valence-corrected chi connectivity index (χ4v) is 2.86. The van der Waals surface area contributed by atoms with Crippen molar-refractivity contribution in [3.05, 3.63) is 64.7 Å². The maximum absolute atomic E-state index is 12.7. The Morgan fingerprint density at radius 2 is 1.85 bits per heavy atom. The molecule has 1 fully saturated rings. The lowest BCUT2D eigenvalue weighted by atomic mass is 10.1. The number of halogens is 4. The third-order valence-electron chi connectivity index (χ3n) is 4.08. The molecule has 138 valence electrons. The van der Waals surface area contributed by atoms with E-state index < -0.39 is 17.8 Å². The fourth-order valence-electron chi connectivity index (χ4n) is 2.68. The van der Waals surface area contributed by atoms with Crippen molar-refractivity contribution in [1.29, 1.82) is 0 Å². The summed E-state index contributed by atoms with van der Waals surface area (Å²) in [6, 6.07) is 11.3. The van der Waals surface area contributed by atoms with Crippen molar-refractivity contribution in [3.63, 3.8) is 0 Å². The van der Waals surface area contributed by atoms with Crippen molar-refractivity contribution in [2.24, 2.45) is 0 Å². The molecule has 1 saturated heterocycles. The maximum Gasteiger partial charge on any atom is 0.416 e. The average molecular weight is 385 g/mol. The number of morpholine rings is 1. The first-order valence-electron chi connectivity index (χ1n) is 7.94. The molecule has 4 nitrogen and oxygen atoms in total. The third-order valence-corrected chi connectivity index (χ3v) is 4.41. The number of urea groups is 1. The Labute approximate surface area is 153 Å². The number of nitrogens with zero attached hydrogens (tertiary/aromatic N) is 1. The lowest BCUT2D eigenvalue weighted by Gasteiger charge is -2.33. The van der Waals surface area contributed by atoms with Crippen molar-refractivity contribution in [1.82, 2.24) is 4.90 Å². The van der Waals surface area contributed by atoms with Gasteiger partial charge in [0.2, 0.25) is 0 Å². The molecule has 26 heavy (non-hydrogen) atoms. The molecule has 1 aliphatic heterocycles. The molecular formula is C18H16ClF3N2O2. The first-order chi connectivity index (χ1) is 12.3. The van der Waals surface area contributed by atoms with Gasteiger partial charge in [0, 0.05) is 6.54 Å². The largest absolute Gasteiger partial charge is 0.416 e. The third kappa shape index (κ3) is 4.28. The second-order valence-electron chi connectivity index (χ2n) is 5.84. The van der Waals surface area contributed by atoms with Gasteiger partial charge in [-0.05, 0) is 29.8 Å². The lowest BCUT2D eigenvalue weighted by Crippen LogP contribution is -2.44. The number of hydrogen-bond donors (Lipinski definition) is 1. The molecule has 0 spiro atoms. The highest BCUT2D eigenvalue weighted by molar-refractivity contribution is 6.33. The van der Waals surface area contributed by atoms with Crippen molar-refractivity contribution in [2.75, 3.05) is 25.0 Å². The Bertz CT molecular complexity index is 781. The normalized spacial score (nSPS) is 17.8. The Kier molecular flexibility index (Phi) is 5.38. The van der Waals surface area contributed by atoms with Crippen LogP contribution >= 0.6 is 11.6 Å². The standard InChI is InChI=1S/C18H16ClF3N2O2/c19-14-3-1-2-4-15(14)23-17(25)24-9-10-26-16(11-24)12-5-7-13(8-6-12)18(20,21)22/h1-8,16H,9-11H2,(H,23,25)/t16-/m1/s1. The summed E-state index contributed by atoms with van der Waals surface area (Å²) < 4.78 is 43.6. The zero-order valence-corrected chi connectivity index (χ0v) is 14.3. The minimum absolute atomic E-state index is 0.238. The van der Waals surface area contributed by atoms with Gasteiger partial charge in [-0.25, -0.2) is 4.79 Å². The van der Waals surface area contributed by atoms with Gasteiger partial charge in [-0.2, -0.15) is 13.2 Å². The van der Waals surface area contributed by atoms with Crippen LogP contribution in [-0.2, 0) is 10.9 Å². The molecule has 1 atom stereocenters. The number of carbonyl (C=O) groups is 1. The van der Waals surface area contributed by atoms with Crippen molar-refractivity contribution < 1.29 is 22.7 Å². The first kappa shape index (κ1) is 18.5. The van der Waals surface area contributed by atoms with Gasteiger partial charge in [-0.1, -0.05) is 35.9 Å². The first-order valence-corrected chi connectivity index (χ1v) is 8.31. The molecule has 3 rings (SSSR count). The second-order valence-corrected chi connectivity index (χ2v) is 6.24. The van der Waals surface area contributed by atoms with Crippen LogP contribution in [0.1, 0.15) is 17.2 Å². The van der Waals surface area contributed by atoms with E-state index in [4.69, 9.17) is 16.3 Å². The highest BCUT2D eigenvalue weighted by Gasteiger charge is 2.31. The summed E-state index contributed by atoms with van der Waals surface area (Å²) in [5.74, 6) is 0. The average Bonchev–Trinajstić information content (AvgIpc) is 2.63. The molecule has 8 heteroatoms. The summed E-state index contributed by atoms with van der Waals surface area (Å²) >= 11 is 6.03. The molecule has 1 N–H and O–H groups in total. The van der Waals surface area contributed by atoms with Crippen molar-refractivity contribution in [3.8, 4) is 0 Å². The van der Waals surface area contributed by atoms with E-state index in [1.807, 2.05) is 0 Å². The molecule has 2 amide bonds. The number of alkyl halides is 3. The zero-order valence-electron chi connectivity index (χ0n) is 13.6. The van der Waals surface area contributed by atoms with Crippen LogP contribution in [0, 0.1) is 0 Å². The summed E-state index contributed by atoms with van der Waals surface area (Å²) in [4.78, 5) is 14.0. The Balaban J connectivity index is 1.67. The SMILES string of the molecule is O=C(Nc1ccccc1Cl)N1CCO[C@@H](c2ccc(C(F)(F)F)cc2)C1. The summed E-state index contributed by atoms with van der Waals surface area (Å²) in [5, 5.41) is 3.16. The van der Waals surface area contributed by atoms with E-state index >= 15 is 0 Å². The Morgan fingerprint density at radius 1 is 1.15 bits per heavy atom. The number of nitrogens with one attached hydrogen (secondary N) is 1. The molecule has 1 heterocycles. The molecule has 0 bridgehead atoms. The molecule has 0 radical (unpaired) electrons. The van der Waals surface area contributed by atoms with E-state index in [9.17, 15) is 18.0 Å². The topological polar surface area (TPSA) is 41.6 Å². The van der Waals surface area contributed by atoms with Gasteiger partial charge in [-0.3, -0.25) is 0 Å². The van der Waals surface area contributed by atoms with Gasteiger partial charge >= 0.3 is 12.2 Å². The monoisotopic (exact) mass is 384 g/mol. The van der Waals surface area contributed by atoms with E-state index in [1.165, 1.54) is 12.1 Å². The summed E-state index contributed by atoms with van der Waals surface area (Å²) in [5.41, 5.74) is 0.371. The van der Waals surface area contributed by atoms with Gasteiger partial charge in [0.25, 0.3) is 0 Å². The fraction of sp³-hybridized carbons (Fsp3) is 0.278. The van der Waals surface area contributed by atoms with Crippen molar-refractivity contribution in [2.45, 2.75) is 12.3 Å². The molecule has 2 aromatic rings. The van der Waals surface area contributed by atoms with Crippen LogP contribution in [0.5, 0.6) is 0 Å². The Hall–Kier alpha value is -2.25. The predicted octanol–water partition coefficient (Wildman–Crippen LogP) is 4.96. The number of hydrogen-bond acceptors (Lipinski definition) is 2. The van der Waals surface area contributed by atoms with Gasteiger partial charge in [0.05, 0.1) is 29.4 Å². The van der Waals surface area contributed by atoms with Crippen LogP contribution in [0.15, 0.2) is 48.5 Å². The molecule has 0 aliphatic carbocycles. The molecule has 0 aromatic heterocycles. The van der Waals surface area contributed by atoms with Crippen LogP contribution in [0.3, 0.4) is 0 Å². The number of benzene rings is 2. The number of carbonyl (C=O) groups excluding carboxylic acids is 1. The molecular weight excluding hydrogens is 369 g/mol. The number of rotatable bonds is 2. The van der Waals surface area contributed by atoms with E-state index in [0.717, 1.165) is 12.1 Å². The Morgan fingerprint density at radius 3 is 2.50 bits per heavy atom. The summed E-state index contributed by atoms with van der Waals surface area (Å²) in [6.07, 6.45) is -4.87. The number of amides is 2. The van der Waals surface area contributed by atoms with E-state index in [0.29, 0.717) is 29.4 Å². The van der Waals surface area contributed by atoms with E-state index in [-0.39, 0.29) is 12.6 Å². The smallest absolute Gasteiger partial charge is 0.370 e. The van der Waals surface area contributed by atoms with E-state index in [1.54, 1.807) is 29.2 Å². The second kappa shape index (κ2) is 7.55. The molecule has 1 aliphatic rings. The zero-order chi connectivity index (χ0) is 18.7. The van der Waals surface area contributed by atoms with Gasteiger partial charge in [0.1, 0.15) is 6.10 Å². The van der Waals surface area contributed by atoms with Gasteiger partial charge in [-0.15, -0.1) is 0 Å². The van der Waals surface area contributed by atoms with Crippen LogP contribution in [0.2, 0.25) is 5.02 Å². The number of anilines is 1. The van der Waals surface area contributed by atoms with Crippen LogP contribution in [0.25, 0.3) is 0 Å². The highest BCUT2D eigenvalue weighted by Crippen LogP contribution is 2.31. The van der Waals surface area contributed by atoms with Crippen molar-refractivity contribution >= 4 is 23.3 Å². The van der Waals surface area contributed by atoms with Crippen LogP contribution in [-0.4, -0.2) is 30.6 Å². The minimum Gasteiger partial charge on any atom is -0.370 e. The van der Waals surface area contributed by atoms with E-state index in [2.05, 4.69) is 5.32 Å². The maximum atomic E-state index is 12.7. The highest BCUT2D eigenvalue weighted by atomic mass is 35.5. The molecule has 2 aromatic carbocycles. The van der Waals surface area contributed by atoms with Crippen LogP contribution in [0.4, 0.5) is 23.7 Å². The van der Waals surface area contributed by atoms with Gasteiger partial charge < -0.3 is 15.0 Å². The number of ether oxygens (including phenoxy) is 1. The minimum atomic E-state index is -4.38. The quantitative estimate of drug-likeness (QED) is 0.794. The predicted molar refractivity (Wildman–Crippen MR) is 92.2 cm³/mol. The molecule has 0 unspecified atom stereocenters. The number of para-hydroxylation sites is 1.